The molecule has 0 saturated carbocycles. The maximum Gasteiger partial charge on any atom is 0.416 e. The Balaban J connectivity index is 1.33. The molecular formula is C32H9F9N8O2. The van der Waals surface area contributed by atoms with E-state index in [9.17, 15) is 22.8 Å². The van der Waals surface area contributed by atoms with E-state index in [0.717, 1.165) is 27.3 Å². The lowest BCUT2D eigenvalue weighted by Gasteiger charge is -2.38. The lowest BCUT2D eigenvalue weighted by Crippen LogP contribution is -2.54. The second kappa shape index (κ2) is 9.75. The Hall–Kier alpha value is -6.63. The Morgan fingerprint density at radius 2 is 1.12 bits per heavy atom. The maximum absolute atomic E-state index is 15.2. The van der Waals surface area contributed by atoms with Crippen LogP contribution in [0.1, 0.15) is 37.4 Å². The van der Waals surface area contributed by atoms with Crippen molar-refractivity contribution < 1.29 is 49.1 Å². The van der Waals surface area contributed by atoms with E-state index in [1.54, 1.807) is 0 Å². The Bertz CT molecular complexity index is 2670. The quantitative estimate of drug-likeness (QED) is 0.133. The van der Waals surface area contributed by atoms with Crippen LogP contribution in [-0.4, -0.2) is 53.2 Å². The number of benzene rings is 3. The fourth-order valence-corrected chi connectivity index (χ4v) is 6.56. The van der Waals surface area contributed by atoms with Crippen LogP contribution in [0.2, 0.25) is 0 Å². The second-order valence-corrected chi connectivity index (χ2v) is 11.4. The molecule has 3 aromatic heterocycles. The Morgan fingerprint density at radius 1 is 0.569 bits per heavy atom. The van der Waals surface area contributed by atoms with Gasteiger partial charge in [-0.15, -0.1) is 9.97 Å². The molecule has 6 aromatic rings. The number of hydrogen-bond donors (Lipinski definition) is 0. The van der Waals surface area contributed by atoms with E-state index in [2.05, 4.69) is 29.6 Å². The van der Waals surface area contributed by atoms with Gasteiger partial charge in [0.05, 0.1) is 27.7 Å². The third-order valence-corrected chi connectivity index (χ3v) is 8.76. The van der Waals surface area contributed by atoms with Crippen LogP contribution in [0.4, 0.5) is 51.1 Å². The summed E-state index contributed by atoms with van der Waals surface area (Å²) >= 11 is 0. The number of imidazole rings is 2. The van der Waals surface area contributed by atoms with Crippen molar-refractivity contribution >= 4 is 45.8 Å². The summed E-state index contributed by atoms with van der Waals surface area (Å²) in [4.78, 5) is 48.8. The van der Waals surface area contributed by atoms with Crippen LogP contribution in [-0.2, 0) is 11.6 Å². The summed E-state index contributed by atoms with van der Waals surface area (Å²) in [5.74, 6) is -3.72. The highest BCUT2D eigenvalue weighted by molar-refractivity contribution is 6.13. The largest absolute Gasteiger partial charge is 0.416 e. The summed E-state index contributed by atoms with van der Waals surface area (Å²) in [7, 11) is 0. The fraction of sp³-hybridized carbons (Fsp3) is 0.125. The zero-order valence-corrected chi connectivity index (χ0v) is 24.5. The molecule has 0 saturated heterocycles. The van der Waals surface area contributed by atoms with Crippen LogP contribution in [0.25, 0.3) is 54.8 Å². The molecule has 0 unspecified atom stereocenters. The number of nitrogens with zero attached hydrogens (tertiary/aromatic N) is 8. The van der Waals surface area contributed by atoms with E-state index in [1.807, 2.05) is 0 Å². The number of rotatable bonds is 2. The second-order valence-electron chi connectivity index (χ2n) is 11.4. The van der Waals surface area contributed by atoms with Gasteiger partial charge in [0, 0.05) is 11.1 Å². The lowest BCUT2D eigenvalue weighted by molar-refractivity contribution is -0.288. The average Bonchev–Trinajstić information content (AvgIpc) is 3.77. The average molecular weight is 708 g/mol. The van der Waals surface area contributed by atoms with Crippen LogP contribution in [0, 0.1) is 13.1 Å². The summed E-state index contributed by atoms with van der Waals surface area (Å²) in [5.41, 5.74) is -11.6. The van der Waals surface area contributed by atoms with Gasteiger partial charge in [-0.3, -0.25) is 14.2 Å². The highest BCUT2D eigenvalue weighted by atomic mass is 19.4. The van der Waals surface area contributed by atoms with Crippen molar-refractivity contribution in [2.45, 2.75) is 23.9 Å². The molecule has 3 aromatic carbocycles. The minimum atomic E-state index is -6.13. The molecule has 0 spiro atoms. The van der Waals surface area contributed by atoms with Crippen molar-refractivity contribution in [2.75, 3.05) is 0 Å². The number of hydrogen-bond acceptors (Lipinski definition) is 6. The van der Waals surface area contributed by atoms with Crippen LogP contribution in [0.15, 0.2) is 54.6 Å². The molecule has 0 N–H and O–H groups in total. The molecule has 252 valence electrons. The van der Waals surface area contributed by atoms with E-state index in [1.165, 1.54) is 0 Å². The monoisotopic (exact) mass is 708 g/mol. The highest BCUT2D eigenvalue weighted by Gasteiger charge is 2.73. The van der Waals surface area contributed by atoms with Crippen LogP contribution < -0.4 is 0 Å². The van der Waals surface area contributed by atoms with Gasteiger partial charge in [-0.25, -0.2) is 9.55 Å². The molecule has 2 aliphatic rings. The molecule has 5 heterocycles. The van der Waals surface area contributed by atoms with E-state index >= 15 is 26.3 Å². The van der Waals surface area contributed by atoms with Gasteiger partial charge in [-0.2, -0.15) is 44.5 Å². The Kier molecular flexibility index (Phi) is 6.05. The lowest BCUT2D eigenvalue weighted by atomic mass is 9.71. The minimum Gasteiger partial charge on any atom is -0.370 e. The van der Waals surface area contributed by atoms with Crippen LogP contribution >= 0.6 is 0 Å². The van der Waals surface area contributed by atoms with Crippen molar-refractivity contribution in [3.05, 3.63) is 105 Å². The summed E-state index contributed by atoms with van der Waals surface area (Å²) < 4.78 is 133. The fourth-order valence-electron chi connectivity index (χ4n) is 6.56. The zero-order valence-electron chi connectivity index (χ0n) is 24.5. The van der Waals surface area contributed by atoms with Gasteiger partial charge in [0.1, 0.15) is 5.82 Å². The molecular weight excluding hydrogens is 699 g/mol. The van der Waals surface area contributed by atoms with Gasteiger partial charge in [-0.1, -0.05) is 31.3 Å². The van der Waals surface area contributed by atoms with Crippen LogP contribution in [0.3, 0.4) is 0 Å². The predicted molar refractivity (Wildman–Crippen MR) is 156 cm³/mol. The number of halogens is 9. The van der Waals surface area contributed by atoms with Crippen molar-refractivity contribution in [1.29, 1.82) is 0 Å². The molecule has 8 rings (SSSR count). The number of carbonyl (C=O) groups excluding carboxylic acids is 2. The van der Waals surface area contributed by atoms with Crippen LogP contribution in [0.5, 0.6) is 0 Å². The molecule has 0 atom stereocenters. The molecule has 51 heavy (non-hydrogen) atoms. The van der Waals surface area contributed by atoms with Gasteiger partial charge < -0.3 is 9.69 Å². The van der Waals surface area contributed by atoms with Gasteiger partial charge >= 0.3 is 29.8 Å². The number of aromatic nitrogens is 6. The molecule has 0 bridgehead atoms. The maximum atomic E-state index is 15.2. The molecule has 2 aliphatic heterocycles. The summed E-state index contributed by atoms with van der Waals surface area (Å²) in [6.07, 6.45) is -17.1. The first-order valence-corrected chi connectivity index (χ1v) is 14.1. The Labute approximate surface area is 276 Å². The minimum absolute atomic E-state index is 0.153. The SMILES string of the molecule is [C-]#[N+]c1nc2nc3n(c2nc1[N+]#[C-])C(=O)c1cc(C(c2ccc4c(c2)-c2nc5cc(C(F)(F)F)ccc5n2C4=O)(C(F)(F)F)C(F)(F)F)ccc1-3. The number of alkyl halides is 9. The molecule has 19 heteroatoms. The first-order chi connectivity index (χ1) is 23.9. The van der Waals surface area contributed by atoms with E-state index in [0.29, 0.717) is 36.4 Å². The van der Waals surface area contributed by atoms with E-state index in [4.69, 9.17) is 13.1 Å². The summed E-state index contributed by atoms with van der Waals surface area (Å²) in [6.45, 7) is 14.4. The third kappa shape index (κ3) is 3.99. The van der Waals surface area contributed by atoms with Gasteiger partial charge in [0.25, 0.3) is 23.5 Å². The summed E-state index contributed by atoms with van der Waals surface area (Å²) in [5, 5.41) is 0. The first-order valence-electron chi connectivity index (χ1n) is 14.1. The highest BCUT2D eigenvalue weighted by Crippen LogP contribution is 2.57. The smallest absolute Gasteiger partial charge is 0.370 e. The summed E-state index contributed by atoms with van der Waals surface area (Å²) in [6, 6.07) is 5.62. The number of carbonyl (C=O) groups is 2. The standard InChI is InChI=1S/C32H9F9N8O2/c1-42-21-22(43-2)46-26-23(45-21)47-24-15-6-3-13(10-18(15)28(51)49(24)26)29(31(36,37)38,32(39,40)41)12-4-7-16-17(9-12)25-44-19-11-14(30(33,34)35)5-8-20(19)48(25)27(16)50/h3-11H. The predicted octanol–water partition coefficient (Wildman–Crippen LogP) is 8.04. The molecule has 0 aliphatic carbocycles. The van der Waals surface area contributed by atoms with Crippen molar-refractivity contribution in [1.82, 2.24) is 29.1 Å². The molecule has 0 radical (unpaired) electrons. The van der Waals surface area contributed by atoms with Gasteiger partial charge in [0.15, 0.2) is 5.82 Å². The Morgan fingerprint density at radius 3 is 1.73 bits per heavy atom. The van der Waals surface area contributed by atoms with Crippen molar-refractivity contribution in [3.8, 4) is 22.8 Å². The van der Waals surface area contributed by atoms with Crippen molar-refractivity contribution in [2.24, 2.45) is 0 Å². The third-order valence-electron chi connectivity index (χ3n) is 8.76. The molecule has 10 nitrogen and oxygen atoms in total. The first kappa shape index (κ1) is 31.6. The number of fused-ring (bicyclic) bond motifs is 10. The molecule has 0 fully saturated rings. The zero-order chi connectivity index (χ0) is 36.6. The molecule has 0 amide bonds. The van der Waals surface area contributed by atoms with E-state index < -0.39 is 81.0 Å². The van der Waals surface area contributed by atoms with Crippen molar-refractivity contribution in [3.63, 3.8) is 0 Å². The topological polar surface area (TPSA) is 104 Å². The van der Waals surface area contributed by atoms with E-state index in [-0.39, 0.29) is 39.3 Å². The normalized spacial score (nSPS) is 14.0. The van der Waals surface area contributed by atoms with Gasteiger partial charge in [-0.05, 0) is 47.5 Å². The van der Waals surface area contributed by atoms with Gasteiger partial charge in [0.2, 0.25) is 5.41 Å².